The van der Waals surface area contributed by atoms with E-state index in [4.69, 9.17) is 5.26 Å². The first-order valence-electron chi connectivity index (χ1n) is 2.32. The summed E-state index contributed by atoms with van der Waals surface area (Å²) in [6, 6.07) is 1.99. The quantitative estimate of drug-likeness (QED) is 0.493. The van der Waals surface area contributed by atoms with Crippen LogP contribution in [0.5, 0.6) is 0 Å². The highest BCUT2D eigenvalue weighted by Crippen LogP contribution is 2.47. The first-order valence-corrected chi connectivity index (χ1v) is 3.40. The molecule has 42 valence electrons. The van der Waals surface area contributed by atoms with Crippen LogP contribution in [0.15, 0.2) is 0 Å². The van der Waals surface area contributed by atoms with Crippen molar-refractivity contribution in [2.45, 2.75) is 12.8 Å². The minimum absolute atomic E-state index is 0.00222. The molecule has 0 N–H and O–H groups in total. The maximum atomic E-state index is 10.5. The van der Waals surface area contributed by atoms with Crippen LogP contribution in [0, 0.1) is 16.7 Å². The van der Waals surface area contributed by atoms with Gasteiger partial charge in [-0.1, -0.05) is 0 Å². The standard InChI is InChI=1S/C5H4INO/c6-4(8)5(3-7)1-2-5/h1-2H2. The predicted octanol–water partition coefficient (Wildman–Crippen LogP) is 1.25. The number of carbonyl (C=O) groups is 1. The van der Waals surface area contributed by atoms with E-state index in [2.05, 4.69) is 0 Å². The SMILES string of the molecule is N#CC1(C(=O)I)CC1. The van der Waals surface area contributed by atoms with Crippen molar-refractivity contribution in [3.8, 4) is 6.07 Å². The van der Waals surface area contributed by atoms with Gasteiger partial charge in [0.1, 0.15) is 5.41 Å². The molecule has 1 fully saturated rings. The summed E-state index contributed by atoms with van der Waals surface area (Å²) in [5.41, 5.74) is -0.555. The van der Waals surface area contributed by atoms with E-state index in [1.165, 1.54) is 0 Å². The number of rotatable bonds is 1. The summed E-state index contributed by atoms with van der Waals surface area (Å²) >= 11 is 1.69. The fourth-order valence-corrected chi connectivity index (χ4v) is 1.14. The average Bonchev–Trinajstić information content (AvgIpc) is 2.44. The van der Waals surface area contributed by atoms with Crippen LogP contribution in [0.2, 0.25) is 0 Å². The summed E-state index contributed by atoms with van der Waals surface area (Å²) in [5, 5.41) is 8.35. The van der Waals surface area contributed by atoms with Gasteiger partial charge in [0.05, 0.1) is 6.07 Å². The molecule has 2 nitrogen and oxygen atoms in total. The molecule has 8 heavy (non-hydrogen) atoms. The fraction of sp³-hybridized carbons (Fsp3) is 0.600. The molecule has 1 aliphatic rings. The lowest BCUT2D eigenvalue weighted by molar-refractivity contribution is -0.112. The van der Waals surface area contributed by atoms with E-state index in [0.29, 0.717) is 0 Å². The summed E-state index contributed by atoms with van der Waals surface area (Å²) in [6.45, 7) is 0. The third-order valence-electron chi connectivity index (χ3n) is 1.34. The molecule has 0 radical (unpaired) electrons. The van der Waals surface area contributed by atoms with Gasteiger partial charge < -0.3 is 0 Å². The number of carbonyl (C=O) groups excluding carboxylic acids is 1. The molecule has 0 aromatic heterocycles. The Morgan fingerprint density at radius 3 is 2.25 bits per heavy atom. The van der Waals surface area contributed by atoms with Gasteiger partial charge in [0, 0.05) is 22.6 Å². The Morgan fingerprint density at radius 2 is 2.25 bits per heavy atom. The van der Waals surface area contributed by atoms with Crippen LogP contribution < -0.4 is 0 Å². The van der Waals surface area contributed by atoms with Gasteiger partial charge in [-0.05, 0) is 12.8 Å². The van der Waals surface area contributed by atoms with Crippen molar-refractivity contribution in [2.24, 2.45) is 5.41 Å². The lowest BCUT2D eigenvalue weighted by Crippen LogP contribution is -2.03. The zero-order valence-electron chi connectivity index (χ0n) is 4.15. The van der Waals surface area contributed by atoms with Gasteiger partial charge in [-0.15, -0.1) is 0 Å². The summed E-state index contributed by atoms with van der Waals surface area (Å²) < 4.78 is -0.00222. The molecule has 0 heterocycles. The molecule has 1 saturated carbocycles. The number of hydrogen-bond donors (Lipinski definition) is 0. The van der Waals surface area contributed by atoms with Gasteiger partial charge in [-0.2, -0.15) is 5.26 Å². The van der Waals surface area contributed by atoms with E-state index < -0.39 is 5.41 Å². The van der Waals surface area contributed by atoms with Crippen LogP contribution in [-0.4, -0.2) is 3.79 Å². The molecule has 3 heteroatoms. The molecule has 1 rings (SSSR count). The maximum Gasteiger partial charge on any atom is 0.212 e. The maximum absolute atomic E-state index is 10.5. The Labute approximate surface area is 61.0 Å². The van der Waals surface area contributed by atoms with E-state index in [0.717, 1.165) is 12.8 Å². The van der Waals surface area contributed by atoms with Crippen molar-refractivity contribution in [3.05, 3.63) is 0 Å². The molecule has 0 aromatic carbocycles. The Kier molecular flexibility index (Phi) is 1.27. The van der Waals surface area contributed by atoms with E-state index in [9.17, 15) is 4.79 Å². The highest BCUT2D eigenvalue weighted by molar-refractivity contribution is 14.1. The summed E-state index contributed by atoms with van der Waals surface area (Å²) in [7, 11) is 0. The summed E-state index contributed by atoms with van der Waals surface area (Å²) in [4.78, 5) is 10.5. The number of halogens is 1. The molecule has 0 amide bonds. The van der Waals surface area contributed by atoms with Crippen LogP contribution in [0.1, 0.15) is 12.8 Å². The van der Waals surface area contributed by atoms with Gasteiger partial charge in [-0.25, -0.2) is 0 Å². The van der Waals surface area contributed by atoms with Crippen molar-refractivity contribution in [1.29, 1.82) is 5.26 Å². The second-order valence-corrected chi connectivity index (χ2v) is 2.95. The average molecular weight is 221 g/mol. The number of nitriles is 1. The van der Waals surface area contributed by atoms with Crippen molar-refractivity contribution in [3.63, 3.8) is 0 Å². The monoisotopic (exact) mass is 221 g/mol. The molecule has 1 aliphatic carbocycles. The molecule has 0 atom stereocenters. The van der Waals surface area contributed by atoms with Gasteiger partial charge in [0.2, 0.25) is 3.79 Å². The van der Waals surface area contributed by atoms with Gasteiger partial charge in [0.25, 0.3) is 0 Å². The van der Waals surface area contributed by atoms with Crippen LogP contribution in [-0.2, 0) is 4.79 Å². The van der Waals surface area contributed by atoms with E-state index in [1.807, 2.05) is 6.07 Å². The van der Waals surface area contributed by atoms with Crippen LogP contribution >= 0.6 is 22.6 Å². The smallest absolute Gasteiger partial charge is 0.212 e. The first-order chi connectivity index (χ1) is 3.71. The Bertz CT molecular complexity index is 166. The number of hydrogen-bond acceptors (Lipinski definition) is 2. The Morgan fingerprint density at radius 1 is 1.75 bits per heavy atom. The lowest BCUT2D eigenvalue weighted by atomic mass is 10.2. The third-order valence-corrected chi connectivity index (χ3v) is 2.37. The lowest BCUT2D eigenvalue weighted by Gasteiger charge is -1.90. The Balaban J connectivity index is 2.71. The van der Waals surface area contributed by atoms with Crippen LogP contribution in [0.3, 0.4) is 0 Å². The molecule has 0 spiro atoms. The number of nitrogens with zero attached hydrogens (tertiary/aromatic N) is 1. The van der Waals surface area contributed by atoms with E-state index >= 15 is 0 Å². The molecule has 0 saturated heterocycles. The Hall–Kier alpha value is -0.110. The van der Waals surface area contributed by atoms with Crippen LogP contribution in [0.4, 0.5) is 0 Å². The topological polar surface area (TPSA) is 40.9 Å². The largest absolute Gasteiger partial charge is 0.286 e. The van der Waals surface area contributed by atoms with Crippen LogP contribution in [0.25, 0.3) is 0 Å². The van der Waals surface area contributed by atoms with E-state index in [1.54, 1.807) is 22.6 Å². The second kappa shape index (κ2) is 1.69. The summed E-state index contributed by atoms with van der Waals surface area (Å²) in [6.07, 6.45) is 1.54. The second-order valence-electron chi connectivity index (χ2n) is 1.97. The molecular formula is C5H4INO. The normalized spacial score (nSPS) is 21.5. The summed E-state index contributed by atoms with van der Waals surface area (Å²) in [5.74, 6) is 0. The molecule has 0 bridgehead atoms. The third kappa shape index (κ3) is 0.730. The first kappa shape index (κ1) is 6.02. The minimum Gasteiger partial charge on any atom is -0.286 e. The molecule has 0 unspecified atom stereocenters. The zero-order chi connectivity index (χ0) is 6.20. The molecule has 0 aromatic rings. The van der Waals surface area contributed by atoms with Gasteiger partial charge in [-0.3, -0.25) is 4.79 Å². The van der Waals surface area contributed by atoms with Gasteiger partial charge >= 0.3 is 0 Å². The van der Waals surface area contributed by atoms with Crippen molar-refractivity contribution in [1.82, 2.24) is 0 Å². The zero-order valence-corrected chi connectivity index (χ0v) is 6.31. The fourth-order valence-electron chi connectivity index (χ4n) is 0.477. The predicted molar refractivity (Wildman–Crippen MR) is 36.3 cm³/mol. The van der Waals surface area contributed by atoms with Crippen molar-refractivity contribution in [2.75, 3.05) is 0 Å². The minimum atomic E-state index is -0.555. The highest BCUT2D eigenvalue weighted by atomic mass is 127. The van der Waals surface area contributed by atoms with Crippen molar-refractivity contribution >= 4 is 26.4 Å². The van der Waals surface area contributed by atoms with Gasteiger partial charge in [0.15, 0.2) is 0 Å². The van der Waals surface area contributed by atoms with E-state index in [-0.39, 0.29) is 3.79 Å². The van der Waals surface area contributed by atoms with Crippen molar-refractivity contribution < 1.29 is 4.79 Å². The molecular weight excluding hydrogens is 217 g/mol. The molecule has 0 aliphatic heterocycles. The highest BCUT2D eigenvalue weighted by Gasteiger charge is 2.49.